The molecule has 1 aromatic heterocycles. The van der Waals surface area contributed by atoms with Gasteiger partial charge in [0.1, 0.15) is 5.82 Å². The van der Waals surface area contributed by atoms with E-state index in [1.807, 2.05) is 6.92 Å². The van der Waals surface area contributed by atoms with Gasteiger partial charge in [0.15, 0.2) is 0 Å². The molecule has 0 radical (unpaired) electrons. The van der Waals surface area contributed by atoms with Crippen LogP contribution in [0.2, 0.25) is 0 Å². The molecule has 3 aromatic carbocycles. The molecule has 38 heavy (non-hydrogen) atoms. The van der Waals surface area contributed by atoms with E-state index < -0.39 is 17.6 Å². The first-order valence-electron chi connectivity index (χ1n) is 12.2. The van der Waals surface area contributed by atoms with Crippen LogP contribution in [0.3, 0.4) is 0 Å². The molecule has 0 saturated heterocycles. The van der Waals surface area contributed by atoms with E-state index >= 15 is 0 Å². The Bertz CT molecular complexity index is 1410. The molecular weight excluding hydrogens is 491 g/mol. The molecule has 0 unspecified atom stereocenters. The van der Waals surface area contributed by atoms with Crippen LogP contribution in [0.15, 0.2) is 85.1 Å². The number of nitrogens with zero attached hydrogens (tertiary/aromatic N) is 2. The van der Waals surface area contributed by atoms with E-state index in [2.05, 4.69) is 29.6 Å². The Labute approximate surface area is 219 Å². The van der Waals surface area contributed by atoms with Crippen LogP contribution in [-0.4, -0.2) is 23.4 Å². The topological polar surface area (TPSA) is 54.3 Å². The summed E-state index contributed by atoms with van der Waals surface area (Å²) in [5.41, 5.74) is 3.48. The highest BCUT2D eigenvalue weighted by molar-refractivity contribution is 6.09. The second-order valence-corrected chi connectivity index (χ2v) is 9.16. The number of halogens is 3. The van der Waals surface area contributed by atoms with Crippen LogP contribution in [-0.2, 0) is 24.4 Å². The van der Waals surface area contributed by atoms with Gasteiger partial charge in [-0.15, -0.1) is 0 Å². The molecule has 4 rings (SSSR count). The van der Waals surface area contributed by atoms with Crippen molar-refractivity contribution in [2.24, 2.45) is 7.05 Å². The van der Waals surface area contributed by atoms with Crippen molar-refractivity contribution in [3.8, 4) is 11.1 Å². The molecule has 0 atom stereocenters. The summed E-state index contributed by atoms with van der Waals surface area (Å²) in [6, 6.07) is 21.5. The minimum atomic E-state index is -4.43. The van der Waals surface area contributed by atoms with E-state index in [-0.39, 0.29) is 0 Å². The van der Waals surface area contributed by atoms with E-state index in [4.69, 9.17) is 0 Å². The SMILES string of the molecule is Cc1ccc(CCCN(C=O)c2cc(NC(=O)c3ccccc3-c3ccc(C(F)(F)F)cc3)cn2C)cc1. The number of benzene rings is 3. The Morgan fingerprint density at radius 1 is 1.00 bits per heavy atom. The number of anilines is 2. The van der Waals surface area contributed by atoms with Gasteiger partial charge in [0, 0.05) is 31.4 Å². The second-order valence-electron chi connectivity index (χ2n) is 9.16. The molecule has 8 heteroatoms. The molecule has 5 nitrogen and oxygen atoms in total. The van der Waals surface area contributed by atoms with Crippen LogP contribution in [0, 0.1) is 6.92 Å². The Balaban J connectivity index is 1.46. The lowest BCUT2D eigenvalue weighted by atomic mass is 9.98. The summed E-state index contributed by atoms with van der Waals surface area (Å²) in [7, 11) is 1.79. The van der Waals surface area contributed by atoms with Crippen molar-refractivity contribution in [2.75, 3.05) is 16.8 Å². The Morgan fingerprint density at radius 2 is 1.68 bits per heavy atom. The predicted molar refractivity (Wildman–Crippen MR) is 143 cm³/mol. The van der Waals surface area contributed by atoms with Gasteiger partial charge < -0.3 is 14.8 Å². The summed E-state index contributed by atoms with van der Waals surface area (Å²) in [5, 5.41) is 2.85. The van der Waals surface area contributed by atoms with Gasteiger partial charge in [-0.2, -0.15) is 13.2 Å². The third kappa shape index (κ3) is 6.32. The maximum Gasteiger partial charge on any atom is 0.416 e. The number of carbonyl (C=O) groups is 2. The minimum absolute atomic E-state index is 0.322. The first-order valence-corrected chi connectivity index (χ1v) is 12.2. The fraction of sp³-hybridized carbons (Fsp3) is 0.200. The molecule has 0 aliphatic heterocycles. The highest BCUT2D eigenvalue weighted by atomic mass is 19.4. The van der Waals surface area contributed by atoms with Gasteiger partial charge in [0.2, 0.25) is 6.41 Å². The third-order valence-corrected chi connectivity index (χ3v) is 6.34. The van der Waals surface area contributed by atoms with Crippen molar-refractivity contribution in [3.05, 3.63) is 107 Å². The summed E-state index contributed by atoms with van der Waals surface area (Å²) in [6.07, 6.45) is -0.342. The maximum atomic E-state index is 13.2. The molecule has 1 heterocycles. The number of amides is 2. The van der Waals surface area contributed by atoms with Crippen molar-refractivity contribution >= 4 is 23.8 Å². The van der Waals surface area contributed by atoms with Gasteiger partial charge in [-0.25, -0.2) is 0 Å². The van der Waals surface area contributed by atoms with Gasteiger partial charge in [-0.1, -0.05) is 60.2 Å². The van der Waals surface area contributed by atoms with Crippen molar-refractivity contribution < 1.29 is 22.8 Å². The molecule has 0 aliphatic carbocycles. The number of rotatable bonds is 9. The fourth-order valence-corrected chi connectivity index (χ4v) is 4.31. The highest BCUT2D eigenvalue weighted by Gasteiger charge is 2.30. The monoisotopic (exact) mass is 519 g/mol. The molecule has 0 aliphatic rings. The Kier molecular flexibility index (Phi) is 8.00. The third-order valence-electron chi connectivity index (χ3n) is 6.34. The Hall–Kier alpha value is -4.33. The molecule has 0 fully saturated rings. The summed E-state index contributed by atoms with van der Waals surface area (Å²) in [4.78, 5) is 26.6. The summed E-state index contributed by atoms with van der Waals surface area (Å²) in [5.74, 6) is 0.227. The number of hydrogen-bond acceptors (Lipinski definition) is 2. The molecule has 1 N–H and O–H groups in total. The first kappa shape index (κ1) is 26.7. The Morgan fingerprint density at radius 3 is 2.34 bits per heavy atom. The molecule has 0 saturated carbocycles. The largest absolute Gasteiger partial charge is 0.416 e. The summed E-state index contributed by atoms with van der Waals surface area (Å²) < 4.78 is 40.6. The highest BCUT2D eigenvalue weighted by Crippen LogP contribution is 2.32. The summed E-state index contributed by atoms with van der Waals surface area (Å²) in [6.45, 7) is 2.55. The van der Waals surface area contributed by atoms with E-state index in [9.17, 15) is 22.8 Å². The first-order chi connectivity index (χ1) is 18.2. The zero-order chi connectivity index (χ0) is 27.3. The lowest BCUT2D eigenvalue weighted by Gasteiger charge is -2.17. The number of alkyl halides is 3. The lowest BCUT2D eigenvalue weighted by Crippen LogP contribution is -2.24. The van der Waals surface area contributed by atoms with E-state index in [1.54, 1.807) is 53.0 Å². The molecule has 4 aromatic rings. The fourth-order valence-electron chi connectivity index (χ4n) is 4.31. The predicted octanol–water partition coefficient (Wildman–Crippen LogP) is 6.87. The van der Waals surface area contributed by atoms with Crippen molar-refractivity contribution in [2.45, 2.75) is 25.9 Å². The van der Waals surface area contributed by atoms with E-state index in [0.29, 0.717) is 34.7 Å². The lowest BCUT2D eigenvalue weighted by molar-refractivity contribution is -0.137. The van der Waals surface area contributed by atoms with Crippen LogP contribution in [0.25, 0.3) is 11.1 Å². The number of hydrogen-bond donors (Lipinski definition) is 1. The summed E-state index contributed by atoms with van der Waals surface area (Å²) >= 11 is 0. The second kappa shape index (κ2) is 11.4. The maximum absolute atomic E-state index is 13.2. The average molecular weight is 520 g/mol. The van der Waals surface area contributed by atoms with Crippen LogP contribution in [0.1, 0.15) is 33.5 Å². The van der Waals surface area contributed by atoms with Gasteiger partial charge in [0.25, 0.3) is 5.91 Å². The van der Waals surface area contributed by atoms with Crippen LogP contribution in [0.5, 0.6) is 0 Å². The minimum Gasteiger partial charge on any atom is -0.335 e. The van der Waals surface area contributed by atoms with Gasteiger partial charge >= 0.3 is 6.18 Å². The van der Waals surface area contributed by atoms with Gasteiger partial charge in [0.05, 0.1) is 11.3 Å². The quantitative estimate of drug-likeness (QED) is 0.246. The molecule has 0 bridgehead atoms. The molecular formula is C30H28F3N3O2. The standard InChI is InChI=1S/C30H28F3N3O2/c1-21-9-11-22(12-10-21)6-5-17-36(20-37)28-18-25(19-35(28)2)34-29(38)27-8-4-3-7-26(27)23-13-15-24(16-14-23)30(31,32)33/h3-4,7-16,18-20H,5-6,17H2,1-2H3,(H,34,38). The van der Waals surface area contributed by atoms with Gasteiger partial charge in [-0.3, -0.25) is 9.59 Å². The van der Waals surface area contributed by atoms with Crippen LogP contribution in [0.4, 0.5) is 24.7 Å². The zero-order valence-corrected chi connectivity index (χ0v) is 21.1. The van der Waals surface area contributed by atoms with Gasteiger partial charge in [-0.05, 0) is 54.7 Å². The van der Waals surface area contributed by atoms with Crippen molar-refractivity contribution in [3.63, 3.8) is 0 Å². The number of carbonyl (C=O) groups excluding carboxylic acids is 2. The van der Waals surface area contributed by atoms with E-state index in [1.165, 1.54) is 23.3 Å². The molecule has 0 spiro atoms. The number of nitrogens with one attached hydrogen (secondary N) is 1. The average Bonchev–Trinajstić information content (AvgIpc) is 3.26. The number of aromatic nitrogens is 1. The van der Waals surface area contributed by atoms with Crippen molar-refractivity contribution in [1.82, 2.24) is 4.57 Å². The van der Waals surface area contributed by atoms with Crippen LogP contribution < -0.4 is 10.2 Å². The molecule has 2 amide bonds. The smallest absolute Gasteiger partial charge is 0.335 e. The van der Waals surface area contributed by atoms with Crippen molar-refractivity contribution in [1.29, 1.82) is 0 Å². The normalized spacial score (nSPS) is 11.3. The zero-order valence-electron chi connectivity index (χ0n) is 21.1. The number of aryl methyl sites for hydroxylation is 3. The van der Waals surface area contributed by atoms with E-state index in [0.717, 1.165) is 31.4 Å². The van der Waals surface area contributed by atoms with Crippen LogP contribution >= 0.6 is 0 Å². The molecule has 196 valence electrons.